The van der Waals surface area contributed by atoms with Crippen molar-refractivity contribution in [3.63, 3.8) is 0 Å². The Balaban J connectivity index is 1.22. The number of halogens is 4. The average Bonchev–Trinajstić information content (AvgIpc) is 3.69. The number of aryl methyl sites for hydroxylation is 1. The monoisotopic (exact) mass is 630 g/mol. The van der Waals surface area contributed by atoms with Crippen molar-refractivity contribution in [2.75, 3.05) is 19.7 Å². The highest BCUT2D eigenvalue weighted by Gasteiger charge is 2.47. The molecule has 1 fully saturated rings. The van der Waals surface area contributed by atoms with Gasteiger partial charge in [-0.1, -0.05) is 12.1 Å². The van der Waals surface area contributed by atoms with Crippen molar-refractivity contribution in [3.8, 4) is 11.5 Å². The lowest BCUT2D eigenvalue weighted by atomic mass is 10.1. The highest BCUT2D eigenvalue weighted by Crippen LogP contribution is 2.40. The van der Waals surface area contributed by atoms with Crippen LogP contribution in [-0.4, -0.2) is 67.6 Å². The SMILES string of the molecule is Cc1oc(=O)oc1COC(=O)N[C@H]1CCN([C@H](c2ccc3nnc(-c4ccc5cc(F)c(CCO)cc5n4)n3c2)C(F)(F)F)C1. The zero-order chi connectivity index (χ0) is 31.9. The smallest absolute Gasteiger partial charge is 0.441 e. The molecule has 0 bridgehead atoms. The number of aromatic nitrogens is 4. The lowest BCUT2D eigenvalue weighted by Gasteiger charge is -2.30. The van der Waals surface area contributed by atoms with Crippen molar-refractivity contribution in [3.05, 3.63) is 81.7 Å². The van der Waals surface area contributed by atoms with Gasteiger partial charge in [0.15, 0.2) is 29.6 Å². The molecular formula is C29H26F4N6O6. The predicted molar refractivity (Wildman–Crippen MR) is 149 cm³/mol. The van der Waals surface area contributed by atoms with Crippen molar-refractivity contribution in [1.82, 2.24) is 29.8 Å². The van der Waals surface area contributed by atoms with Crippen LogP contribution in [0.4, 0.5) is 22.4 Å². The third-order valence-corrected chi connectivity index (χ3v) is 7.60. The average molecular weight is 631 g/mol. The number of hydrogen-bond donors (Lipinski definition) is 2. The second kappa shape index (κ2) is 11.9. The van der Waals surface area contributed by atoms with E-state index in [9.17, 15) is 32.3 Å². The number of ether oxygens (including phenoxy) is 1. The molecule has 1 aliphatic heterocycles. The number of likely N-dealkylation sites (tertiary alicyclic amines) is 1. The summed E-state index contributed by atoms with van der Waals surface area (Å²) in [6.07, 6.45) is -3.89. The highest BCUT2D eigenvalue weighted by molar-refractivity contribution is 5.82. The molecule has 45 heavy (non-hydrogen) atoms. The van der Waals surface area contributed by atoms with Gasteiger partial charge in [0.2, 0.25) is 0 Å². The molecule has 5 aromatic rings. The second-order valence-corrected chi connectivity index (χ2v) is 10.6. The molecule has 1 amide bonds. The summed E-state index contributed by atoms with van der Waals surface area (Å²) in [4.78, 5) is 29.2. The van der Waals surface area contributed by atoms with E-state index in [0.717, 1.165) is 0 Å². The summed E-state index contributed by atoms with van der Waals surface area (Å²) in [7, 11) is 0. The van der Waals surface area contributed by atoms with Crippen molar-refractivity contribution < 1.29 is 41.0 Å². The maximum absolute atomic E-state index is 14.6. The number of aliphatic hydroxyl groups excluding tert-OH is 1. The van der Waals surface area contributed by atoms with Crippen LogP contribution in [0.15, 0.2) is 56.2 Å². The van der Waals surface area contributed by atoms with Gasteiger partial charge in [0, 0.05) is 37.3 Å². The van der Waals surface area contributed by atoms with Gasteiger partial charge in [-0.2, -0.15) is 13.2 Å². The largest absolute Gasteiger partial charge is 0.519 e. The number of benzene rings is 1. The summed E-state index contributed by atoms with van der Waals surface area (Å²) in [5.74, 6) is -1.04. The Hall–Kier alpha value is -4.83. The van der Waals surface area contributed by atoms with E-state index in [1.54, 1.807) is 12.1 Å². The Bertz CT molecular complexity index is 1940. The molecule has 2 N–H and O–H groups in total. The first-order valence-corrected chi connectivity index (χ1v) is 13.9. The number of carbonyl (C=O) groups is 1. The third-order valence-electron chi connectivity index (χ3n) is 7.60. The van der Waals surface area contributed by atoms with E-state index in [2.05, 4.69) is 20.5 Å². The molecule has 4 aromatic heterocycles. The van der Waals surface area contributed by atoms with Crippen LogP contribution >= 0.6 is 0 Å². The standard InChI is InChI=1S/C29H26F4N6O6/c1-15-23(45-28(42)44-15)14-43-27(41)34-19-6-8-38(13-19)25(29(31,32)33)18-3-5-24-36-37-26(39(24)12-18)21-4-2-17-10-20(30)16(7-9-40)11-22(17)35-21/h2-5,10-12,19,25,40H,6-9,13-14H2,1H3,(H,34,41)/t19-,25+/m0/s1. The van der Waals surface area contributed by atoms with E-state index in [4.69, 9.17) is 13.6 Å². The molecular weight excluding hydrogens is 604 g/mol. The van der Waals surface area contributed by atoms with Crippen molar-refractivity contribution in [1.29, 1.82) is 0 Å². The Labute approximate surface area is 251 Å². The van der Waals surface area contributed by atoms with Gasteiger partial charge in [0.05, 0.1) is 5.52 Å². The summed E-state index contributed by atoms with van der Waals surface area (Å²) in [6, 6.07) is 6.16. The predicted octanol–water partition coefficient (Wildman–Crippen LogP) is 4.08. The number of fused-ring (bicyclic) bond motifs is 2. The second-order valence-electron chi connectivity index (χ2n) is 10.6. The quantitative estimate of drug-likeness (QED) is 0.240. The maximum Gasteiger partial charge on any atom is 0.519 e. The summed E-state index contributed by atoms with van der Waals surface area (Å²) in [5.41, 5.74) is 1.24. The number of hydrogen-bond acceptors (Lipinski definition) is 10. The van der Waals surface area contributed by atoms with Gasteiger partial charge in [-0.05, 0) is 55.2 Å². The Morgan fingerprint density at radius 1 is 1.20 bits per heavy atom. The number of pyridine rings is 2. The number of carbonyl (C=O) groups excluding carboxylic acids is 1. The van der Waals surface area contributed by atoms with Crippen molar-refractivity contribution >= 4 is 22.6 Å². The van der Waals surface area contributed by atoms with E-state index in [1.807, 2.05) is 0 Å². The first-order chi connectivity index (χ1) is 21.5. The number of amides is 1. The topological polar surface area (TPSA) is 148 Å². The number of rotatable bonds is 8. The molecule has 236 valence electrons. The first-order valence-electron chi connectivity index (χ1n) is 13.9. The molecule has 2 atom stereocenters. The summed E-state index contributed by atoms with van der Waals surface area (Å²) < 4.78 is 73.9. The van der Waals surface area contributed by atoms with Crippen molar-refractivity contribution in [2.45, 2.75) is 44.6 Å². The van der Waals surface area contributed by atoms with Gasteiger partial charge in [0.25, 0.3) is 0 Å². The van der Waals surface area contributed by atoms with E-state index in [0.29, 0.717) is 22.2 Å². The molecule has 1 aromatic carbocycles. The van der Waals surface area contributed by atoms with Crippen LogP contribution in [0.3, 0.4) is 0 Å². The number of aliphatic hydroxyl groups is 1. The Morgan fingerprint density at radius 3 is 2.76 bits per heavy atom. The van der Waals surface area contributed by atoms with E-state index >= 15 is 0 Å². The lowest BCUT2D eigenvalue weighted by molar-refractivity contribution is -0.184. The maximum atomic E-state index is 14.6. The number of nitrogens with zero attached hydrogens (tertiary/aromatic N) is 5. The van der Waals surface area contributed by atoms with Gasteiger partial charge in [-0.3, -0.25) is 9.30 Å². The molecule has 0 spiro atoms. The molecule has 1 aliphatic rings. The van der Waals surface area contributed by atoms with Gasteiger partial charge < -0.3 is 24.0 Å². The minimum atomic E-state index is -4.66. The molecule has 0 aliphatic carbocycles. The van der Waals surface area contributed by atoms with Crippen LogP contribution in [0.5, 0.6) is 0 Å². The number of alkyl carbamates (subject to hydrolysis) is 1. The van der Waals surface area contributed by atoms with Crippen LogP contribution in [-0.2, 0) is 17.8 Å². The van der Waals surface area contributed by atoms with Gasteiger partial charge in [-0.25, -0.2) is 19.0 Å². The molecule has 5 heterocycles. The molecule has 1 saturated heterocycles. The summed E-state index contributed by atoms with van der Waals surface area (Å²) in [6.45, 7) is 0.773. The minimum absolute atomic E-state index is 0.0309. The zero-order valence-corrected chi connectivity index (χ0v) is 23.7. The molecule has 0 unspecified atom stereocenters. The molecule has 0 radical (unpaired) electrons. The van der Waals surface area contributed by atoms with Crippen LogP contribution < -0.4 is 11.1 Å². The first kappa shape index (κ1) is 30.2. The highest BCUT2D eigenvalue weighted by atomic mass is 19.4. The fourth-order valence-corrected chi connectivity index (χ4v) is 5.46. The van der Waals surface area contributed by atoms with Gasteiger partial charge in [-0.15, -0.1) is 10.2 Å². The Kier molecular flexibility index (Phi) is 8.01. The fourth-order valence-electron chi connectivity index (χ4n) is 5.46. The van der Waals surface area contributed by atoms with Crippen LogP contribution in [0.25, 0.3) is 28.1 Å². The third kappa shape index (κ3) is 6.23. The lowest BCUT2D eigenvalue weighted by Crippen LogP contribution is -2.41. The Morgan fingerprint density at radius 2 is 2.02 bits per heavy atom. The van der Waals surface area contributed by atoms with Gasteiger partial charge >= 0.3 is 18.1 Å². The van der Waals surface area contributed by atoms with Crippen LogP contribution in [0.1, 0.15) is 35.1 Å². The fraction of sp³-hybridized carbons (Fsp3) is 0.345. The van der Waals surface area contributed by atoms with Gasteiger partial charge in [0.1, 0.15) is 17.6 Å². The number of alkyl halides is 3. The normalized spacial score (nSPS) is 16.4. The minimum Gasteiger partial charge on any atom is -0.441 e. The molecule has 0 saturated carbocycles. The zero-order valence-electron chi connectivity index (χ0n) is 23.7. The molecule has 6 rings (SSSR count). The van der Waals surface area contributed by atoms with E-state index in [-0.39, 0.29) is 67.6 Å². The molecule has 16 heteroatoms. The number of nitrogens with one attached hydrogen (secondary N) is 1. The van der Waals surface area contributed by atoms with Crippen LogP contribution in [0.2, 0.25) is 0 Å². The summed E-state index contributed by atoms with van der Waals surface area (Å²) >= 11 is 0. The molecule has 12 nitrogen and oxygen atoms in total. The van der Waals surface area contributed by atoms with Crippen LogP contribution in [0, 0.1) is 12.7 Å². The van der Waals surface area contributed by atoms with E-state index < -0.39 is 36.0 Å². The van der Waals surface area contributed by atoms with E-state index in [1.165, 1.54) is 46.7 Å². The van der Waals surface area contributed by atoms with Crippen molar-refractivity contribution in [2.24, 2.45) is 0 Å². The summed E-state index contributed by atoms with van der Waals surface area (Å²) in [5, 5.41) is 20.5.